The first kappa shape index (κ1) is 25.5. The highest BCUT2D eigenvalue weighted by Gasteiger charge is 2.23. The van der Waals surface area contributed by atoms with Crippen LogP contribution >= 0.6 is 104 Å². The molecule has 0 atom stereocenters. The molecule has 4 aromatic rings. The lowest BCUT2D eigenvalue weighted by Crippen LogP contribution is -1.96. The molecule has 1 nitrogen and oxygen atoms in total. The van der Waals surface area contributed by atoms with E-state index in [0.717, 1.165) is 0 Å². The molecular formula is C23H8Cl9N. The Morgan fingerprint density at radius 1 is 0.394 bits per heavy atom. The Balaban J connectivity index is 2.15. The van der Waals surface area contributed by atoms with Crippen LogP contribution in [0.3, 0.4) is 0 Å². The Kier molecular flexibility index (Phi) is 7.88. The number of rotatable bonds is 3. The van der Waals surface area contributed by atoms with Crippen LogP contribution < -0.4 is 0 Å². The lowest BCUT2D eigenvalue weighted by atomic mass is 9.91. The van der Waals surface area contributed by atoms with Gasteiger partial charge in [-0.05, 0) is 48.0 Å². The van der Waals surface area contributed by atoms with E-state index in [9.17, 15) is 0 Å². The zero-order valence-electron chi connectivity index (χ0n) is 16.0. The van der Waals surface area contributed by atoms with Gasteiger partial charge in [0.25, 0.3) is 0 Å². The zero-order valence-corrected chi connectivity index (χ0v) is 22.8. The van der Waals surface area contributed by atoms with Crippen LogP contribution in [0.15, 0.2) is 48.7 Å². The van der Waals surface area contributed by atoms with Gasteiger partial charge in [-0.15, -0.1) is 0 Å². The van der Waals surface area contributed by atoms with Crippen molar-refractivity contribution in [2.45, 2.75) is 0 Å². The maximum Gasteiger partial charge on any atom is 0.0802 e. The van der Waals surface area contributed by atoms with E-state index in [2.05, 4.69) is 4.98 Å². The highest BCUT2D eigenvalue weighted by atomic mass is 35.5. The van der Waals surface area contributed by atoms with Crippen LogP contribution in [0.25, 0.3) is 33.5 Å². The summed E-state index contributed by atoms with van der Waals surface area (Å²) >= 11 is 57.1. The van der Waals surface area contributed by atoms with Crippen LogP contribution in [0.1, 0.15) is 0 Å². The van der Waals surface area contributed by atoms with Gasteiger partial charge in [0.2, 0.25) is 0 Å². The van der Waals surface area contributed by atoms with Crippen LogP contribution in [-0.4, -0.2) is 4.98 Å². The SMILES string of the molecule is Clc1cc(Cl)c(-c2ccnc(-c3cc(Cl)c(Cl)cc3Cl)c2-c2cc(Cl)c(Cl)cc2Cl)cc1Cl. The summed E-state index contributed by atoms with van der Waals surface area (Å²) in [5.41, 5.74) is 3.39. The third kappa shape index (κ3) is 5.05. The Morgan fingerprint density at radius 2 is 0.788 bits per heavy atom. The molecule has 0 amide bonds. The predicted molar refractivity (Wildman–Crippen MR) is 146 cm³/mol. The smallest absolute Gasteiger partial charge is 0.0802 e. The van der Waals surface area contributed by atoms with Gasteiger partial charge < -0.3 is 0 Å². The van der Waals surface area contributed by atoms with Gasteiger partial charge in [0, 0.05) is 28.5 Å². The Labute approximate surface area is 235 Å². The van der Waals surface area contributed by atoms with Crippen LogP contribution in [0.5, 0.6) is 0 Å². The van der Waals surface area contributed by atoms with Gasteiger partial charge in [-0.2, -0.15) is 0 Å². The van der Waals surface area contributed by atoms with Crippen molar-refractivity contribution < 1.29 is 0 Å². The van der Waals surface area contributed by atoms with Gasteiger partial charge in [-0.1, -0.05) is 104 Å². The Bertz CT molecular complexity index is 1340. The molecule has 0 bridgehead atoms. The first-order chi connectivity index (χ1) is 15.6. The first-order valence-corrected chi connectivity index (χ1v) is 12.4. The van der Waals surface area contributed by atoms with E-state index in [4.69, 9.17) is 104 Å². The predicted octanol–water partition coefficient (Wildman–Crippen LogP) is 12.0. The van der Waals surface area contributed by atoms with Crippen molar-refractivity contribution in [1.29, 1.82) is 0 Å². The molecule has 0 radical (unpaired) electrons. The van der Waals surface area contributed by atoms with Crippen LogP contribution in [0, 0.1) is 0 Å². The molecule has 0 saturated carbocycles. The maximum absolute atomic E-state index is 6.62. The number of halogens is 9. The summed E-state index contributed by atoms with van der Waals surface area (Å²) < 4.78 is 0. The molecule has 1 heterocycles. The van der Waals surface area contributed by atoms with Gasteiger partial charge in [-0.25, -0.2) is 0 Å². The van der Waals surface area contributed by atoms with Crippen molar-refractivity contribution in [2.24, 2.45) is 0 Å². The fraction of sp³-hybridized carbons (Fsp3) is 0. The molecule has 3 aromatic carbocycles. The number of nitrogens with zero attached hydrogens (tertiary/aromatic N) is 1. The highest BCUT2D eigenvalue weighted by molar-refractivity contribution is 6.46. The van der Waals surface area contributed by atoms with E-state index in [1.165, 1.54) is 0 Å². The third-order valence-corrected chi connectivity index (χ3v) is 7.90. The maximum atomic E-state index is 6.62. The standard InChI is InChI=1S/C23H8Cl9N/c24-13-6-19(30)16(27)3-10(13)9-1-2-33-23(12-5-18(29)21(32)8-15(12)26)22(9)11-4-17(28)20(31)7-14(11)25/h1-8H. The zero-order chi connectivity index (χ0) is 24.0. The van der Waals surface area contributed by atoms with Crippen molar-refractivity contribution in [3.05, 3.63) is 93.9 Å². The van der Waals surface area contributed by atoms with Gasteiger partial charge >= 0.3 is 0 Å². The minimum Gasteiger partial charge on any atom is -0.256 e. The van der Waals surface area contributed by atoms with Crippen LogP contribution in [-0.2, 0) is 0 Å². The summed E-state index contributed by atoms with van der Waals surface area (Å²) in [7, 11) is 0. The van der Waals surface area contributed by atoms with Gasteiger partial charge in [0.05, 0.1) is 50.9 Å². The molecule has 0 aliphatic carbocycles. The summed E-state index contributed by atoms with van der Waals surface area (Å²) in [5, 5.41) is 2.92. The molecule has 0 aliphatic rings. The third-order valence-electron chi connectivity index (χ3n) is 4.80. The molecular weight excluding hydrogens is 609 g/mol. The lowest BCUT2D eigenvalue weighted by molar-refractivity contribution is 1.32. The Morgan fingerprint density at radius 3 is 1.33 bits per heavy atom. The summed E-state index contributed by atoms with van der Waals surface area (Å²) in [5.74, 6) is 0. The molecule has 0 saturated heterocycles. The first-order valence-electron chi connectivity index (χ1n) is 9.02. The number of hydrogen-bond donors (Lipinski definition) is 0. The normalized spacial score (nSPS) is 11.2. The van der Waals surface area contributed by atoms with E-state index in [1.807, 2.05) is 0 Å². The van der Waals surface area contributed by atoms with Crippen molar-refractivity contribution in [1.82, 2.24) is 4.98 Å². The molecule has 0 N–H and O–H groups in total. The lowest BCUT2D eigenvalue weighted by Gasteiger charge is -2.19. The summed E-state index contributed by atoms with van der Waals surface area (Å²) in [6, 6.07) is 11.4. The second kappa shape index (κ2) is 10.2. The molecule has 0 spiro atoms. The minimum atomic E-state index is 0.303. The van der Waals surface area contributed by atoms with Crippen molar-refractivity contribution >= 4 is 104 Å². The number of pyridine rings is 1. The van der Waals surface area contributed by atoms with E-state index >= 15 is 0 Å². The van der Waals surface area contributed by atoms with Crippen LogP contribution in [0.4, 0.5) is 0 Å². The summed E-state index contributed by atoms with van der Waals surface area (Å²) in [4.78, 5) is 4.58. The van der Waals surface area contributed by atoms with E-state index in [-0.39, 0.29) is 0 Å². The monoisotopic (exact) mass is 613 g/mol. The molecule has 10 heteroatoms. The van der Waals surface area contributed by atoms with Gasteiger partial charge in [-0.3, -0.25) is 4.98 Å². The average Bonchev–Trinajstić information content (AvgIpc) is 2.75. The fourth-order valence-electron chi connectivity index (χ4n) is 3.31. The van der Waals surface area contributed by atoms with Crippen molar-refractivity contribution in [2.75, 3.05) is 0 Å². The van der Waals surface area contributed by atoms with Crippen LogP contribution in [0.2, 0.25) is 45.2 Å². The Hall–Kier alpha value is -0.580. The number of benzene rings is 3. The molecule has 168 valence electrons. The number of aromatic nitrogens is 1. The van der Waals surface area contributed by atoms with Crippen molar-refractivity contribution in [3.8, 4) is 33.5 Å². The van der Waals surface area contributed by atoms with Gasteiger partial charge in [0.1, 0.15) is 0 Å². The highest BCUT2D eigenvalue weighted by Crippen LogP contribution is 2.48. The summed E-state index contributed by atoms with van der Waals surface area (Å²) in [6.07, 6.45) is 1.61. The molecule has 0 unspecified atom stereocenters. The molecule has 33 heavy (non-hydrogen) atoms. The average molecular weight is 617 g/mol. The number of hydrogen-bond acceptors (Lipinski definition) is 1. The van der Waals surface area contributed by atoms with E-state index in [0.29, 0.717) is 78.7 Å². The molecule has 0 aliphatic heterocycles. The molecule has 4 rings (SSSR count). The largest absolute Gasteiger partial charge is 0.256 e. The van der Waals surface area contributed by atoms with E-state index in [1.54, 1.807) is 48.7 Å². The van der Waals surface area contributed by atoms with Gasteiger partial charge in [0.15, 0.2) is 0 Å². The van der Waals surface area contributed by atoms with E-state index < -0.39 is 0 Å². The fourth-order valence-corrected chi connectivity index (χ4v) is 5.24. The molecule has 1 aromatic heterocycles. The van der Waals surface area contributed by atoms with Crippen molar-refractivity contribution in [3.63, 3.8) is 0 Å². The summed E-state index contributed by atoms with van der Waals surface area (Å²) in [6.45, 7) is 0. The molecule has 0 fully saturated rings. The second-order valence-corrected chi connectivity index (χ2v) is 10.5. The topological polar surface area (TPSA) is 12.9 Å². The quantitative estimate of drug-likeness (QED) is 0.209. The second-order valence-electron chi connectivity index (χ2n) is 6.82. The minimum absolute atomic E-state index is 0.303.